The zero-order valence-corrected chi connectivity index (χ0v) is 14.2. The number of hydrogen-bond acceptors (Lipinski definition) is 3. The van der Waals surface area contributed by atoms with Gasteiger partial charge in [-0.3, -0.25) is 14.5 Å². The molecule has 23 heavy (non-hydrogen) atoms. The van der Waals surface area contributed by atoms with Gasteiger partial charge in [0.2, 0.25) is 5.91 Å². The lowest BCUT2D eigenvalue weighted by Crippen LogP contribution is -2.31. The van der Waals surface area contributed by atoms with Crippen molar-refractivity contribution in [1.29, 1.82) is 0 Å². The standard InChI is InChI=1S/C18H16ClNO2S/c1-12-6-8-13(9-7-12)10-16-17(21)20(18(22)23-16)11-14-4-2-3-5-15(14)19/h2-9,16H,10-11H2,1H3/t16-/m0/s1. The van der Waals surface area contributed by atoms with Gasteiger partial charge in [-0.1, -0.05) is 71.4 Å². The molecule has 0 saturated carbocycles. The third-order valence-corrected chi connectivity index (χ3v) is 5.28. The highest BCUT2D eigenvalue weighted by Gasteiger charge is 2.39. The molecular formula is C18H16ClNO2S. The maximum Gasteiger partial charge on any atom is 0.289 e. The second-order valence-corrected chi connectivity index (χ2v) is 7.14. The van der Waals surface area contributed by atoms with Crippen LogP contribution in [0, 0.1) is 6.92 Å². The summed E-state index contributed by atoms with van der Waals surface area (Å²) in [7, 11) is 0. The molecule has 1 aliphatic heterocycles. The van der Waals surface area contributed by atoms with Crippen molar-refractivity contribution in [2.75, 3.05) is 0 Å². The van der Waals surface area contributed by atoms with Crippen molar-refractivity contribution < 1.29 is 9.59 Å². The van der Waals surface area contributed by atoms with Gasteiger partial charge in [0.1, 0.15) is 0 Å². The summed E-state index contributed by atoms with van der Waals surface area (Å²) in [5.74, 6) is -0.138. The minimum atomic E-state index is -0.354. The van der Waals surface area contributed by atoms with Crippen LogP contribution in [-0.4, -0.2) is 21.3 Å². The fourth-order valence-corrected chi connectivity index (χ4v) is 3.73. The van der Waals surface area contributed by atoms with Gasteiger partial charge < -0.3 is 0 Å². The summed E-state index contributed by atoms with van der Waals surface area (Å²) < 4.78 is 0. The topological polar surface area (TPSA) is 37.4 Å². The molecule has 1 saturated heterocycles. The fourth-order valence-electron chi connectivity index (χ4n) is 2.51. The molecule has 0 N–H and O–H groups in total. The van der Waals surface area contributed by atoms with E-state index in [4.69, 9.17) is 11.6 Å². The van der Waals surface area contributed by atoms with E-state index in [1.165, 1.54) is 10.5 Å². The van der Waals surface area contributed by atoms with Crippen LogP contribution in [0.4, 0.5) is 4.79 Å². The van der Waals surface area contributed by atoms with Gasteiger partial charge in [-0.15, -0.1) is 0 Å². The van der Waals surface area contributed by atoms with Crippen LogP contribution in [0.5, 0.6) is 0 Å². The Labute approximate surface area is 144 Å². The molecule has 0 unspecified atom stereocenters. The first kappa shape index (κ1) is 16.1. The zero-order chi connectivity index (χ0) is 16.4. The van der Waals surface area contributed by atoms with E-state index >= 15 is 0 Å². The lowest BCUT2D eigenvalue weighted by Gasteiger charge is -2.15. The number of nitrogens with zero attached hydrogens (tertiary/aromatic N) is 1. The average Bonchev–Trinajstić information content (AvgIpc) is 2.79. The smallest absolute Gasteiger partial charge is 0.273 e. The second-order valence-electron chi connectivity index (χ2n) is 5.58. The number of carbonyl (C=O) groups excluding carboxylic acids is 2. The van der Waals surface area contributed by atoms with Crippen LogP contribution in [0.25, 0.3) is 0 Å². The number of carbonyl (C=O) groups is 2. The summed E-state index contributed by atoms with van der Waals surface area (Å²) in [5, 5.41) is 0.0137. The van der Waals surface area contributed by atoms with Gasteiger partial charge in [0, 0.05) is 5.02 Å². The van der Waals surface area contributed by atoms with Crippen LogP contribution in [-0.2, 0) is 17.8 Å². The Morgan fingerprint density at radius 3 is 2.48 bits per heavy atom. The van der Waals surface area contributed by atoms with Crippen molar-refractivity contribution in [3.8, 4) is 0 Å². The van der Waals surface area contributed by atoms with Crippen LogP contribution in [0.3, 0.4) is 0 Å². The quantitative estimate of drug-likeness (QED) is 0.821. The largest absolute Gasteiger partial charge is 0.289 e. The Hall–Kier alpha value is -1.78. The van der Waals surface area contributed by atoms with Crippen LogP contribution in [0.2, 0.25) is 5.02 Å². The van der Waals surface area contributed by atoms with E-state index in [-0.39, 0.29) is 22.9 Å². The number of thioether (sulfide) groups is 1. The molecule has 3 nitrogen and oxygen atoms in total. The van der Waals surface area contributed by atoms with Gasteiger partial charge in [-0.05, 0) is 30.5 Å². The summed E-state index contributed by atoms with van der Waals surface area (Å²) in [5.41, 5.74) is 3.02. The first-order valence-electron chi connectivity index (χ1n) is 7.35. The molecule has 1 atom stereocenters. The lowest BCUT2D eigenvalue weighted by molar-refractivity contribution is -0.127. The maximum atomic E-state index is 12.5. The van der Waals surface area contributed by atoms with Crippen molar-refractivity contribution in [2.45, 2.75) is 25.1 Å². The molecule has 2 aromatic rings. The number of amides is 2. The van der Waals surface area contributed by atoms with Gasteiger partial charge in [0.15, 0.2) is 0 Å². The van der Waals surface area contributed by atoms with Crippen molar-refractivity contribution >= 4 is 34.5 Å². The highest BCUT2D eigenvalue weighted by atomic mass is 35.5. The van der Waals surface area contributed by atoms with Crippen LogP contribution in [0.1, 0.15) is 16.7 Å². The fraction of sp³-hybridized carbons (Fsp3) is 0.222. The molecule has 1 fully saturated rings. The average molecular weight is 346 g/mol. The molecular weight excluding hydrogens is 330 g/mol. The molecule has 0 aromatic heterocycles. The Kier molecular flexibility index (Phi) is 4.74. The molecule has 2 amide bonds. The summed E-state index contributed by atoms with van der Waals surface area (Å²) >= 11 is 7.22. The minimum absolute atomic E-state index is 0.138. The van der Waals surface area contributed by atoms with E-state index in [1.807, 2.05) is 49.4 Å². The number of halogens is 1. The van der Waals surface area contributed by atoms with Crippen molar-refractivity contribution in [1.82, 2.24) is 4.90 Å². The van der Waals surface area contributed by atoms with Crippen molar-refractivity contribution in [3.05, 3.63) is 70.2 Å². The molecule has 0 spiro atoms. The maximum absolute atomic E-state index is 12.5. The Balaban J connectivity index is 1.72. The van der Waals surface area contributed by atoms with Gasteiger partial charge in [-0.25, -0.2) is 0 Å². The number of hydrogen-bond donors (Lipinski definition) is 0. The molecule has 0 aliphatic carbocycles. The van der Waals surface area contributed by atoms with E-state index in [0.29, 0.717) is 11.4 Å². The third kappa shape index (κ3) is 3.59. The van der Waals surface area contributed by atoms with Crippen molar-refractivity contribution in [3.63, 3.8) is 0 Å². The lowest BCUT2D eigenvalue weighted by atomic mass is 10.1. The molecule has 0 radical (unpaired) electrons. The van der Waals surface area contributed by atoms with E-state index < -0.39 is 0 Å². The zero-order valence-electron chi connectivity index (χ0n) is 12.7. The van der Waals surface area contributed by atoms with E-state index in [9.17, 15) is 9.59 Å². The SMILES string of the molecule is Cc1ccc(C[C@@H]2SC(=O)N(Cc3ccccc3Cl)C2=O)cc1. The normalized spacial score (nSPS) is 17.8. The van der Waals surface area contributed by atoms with Crippen LogP contribution in [0.15, 0.2) is 48.5 Å². The van der Waals surface area contributed by atoms with Gasteiger partial charge in [-0.2, -0.15) is 0 Å². The van der Waals surface area contributed by atoms with Gasteiger partial charge >= 0.3 is 0 Å². The first-order chi connectivity index (χ1) is 11.0. The summed E-state index contributed by atoms with van der Waals surface area (Å²) in [6.07, 6.45) is 0.564. The van der Waals surface area contributed by atoms with Crippen LogP contribution >= 0.6 is 23.4 Å². The van der Waals surface area contributed by atoms with E-state index in [0.717, 1.165) is 22.9 Å². The molecule has 1 heterocycles. The van der Waals surface area contributed by atoms with Crippen LogP contribution < -0.4 is 0 Å². The Morgan fingerprint density at radius 2 is 1.78 bits per heavy atom. The first-order valence-corrected chi connectivity index (χ1v) is 8.61. The number of benzene rings is 2. The number of aryl methyl sites for hydroxylation is 1. The molecule has 3 rings (SSSR count). The third-order valence-electron chi connectivity index (χ3n) is 3.83. The number of rotatable bonds is 4. The summed E-state index contributed by atoms with van der Waals surface area (Å²) in [6, 6.07) is 15.3. The van der Waals surface area contributed by atoms with E-state index in [2.05, 4.69) is 0 Å². The number of imide groups is 1. The predicted molar refractivity (Wildman–Crippen MR) is 93.7 cm³/mol. The Morgan fingerprint density at radius 1 is 1.09 bits per heavy atom. The molecule has 2 aromatic carbocycles. The van der Waals surface area contributed by atoms with Gasteiger partial charge in [0.05, 0.1) is 11.8 Å². The Bertz CT molecular complexity index is 745. The van der Waals surface area contributed by atoms with Gasteiger partial charge in [0.25, 0.3) is 5.24 Å². The van der Waals surface area contributed by atoms with Crippen molar-refractivity contribution in [2.24, 2.45) is 0 Å². The highest BCUT2D eigenvalue weighted by Crippen LogP contribution is 2.31. The molecule has 5 heteroatoms. The second kappa shape index (κ2) is 6.77. The molecule has 118 valence electrons. The monoisotopic (exact) mass is 345 g/mol. The predicted octanol–water partition coefficient (Wildman–Crippen LogP) is 4.46. The minimum Gasteiger partial charge on any atom is -0.273 e. The summed E-state index contributed by atoms with van der Waals surface area (Å²) in [4.78, 5) is 26.0. The summed E-state index contributed by atoms with van der Waals surface area (Å²) in [6.45, 7) is 2.25. The molecule has 0 bridgehead atoms. The van der Waals surface area contributed by atoms with E-state index in [1.54, 1.807) is 6.07 Å². The molecule has 1 aliphatic rings. The highest BCUT2D eigenvalue weighted by molar-refractivity contribution is 8.15.